The minimum absolute atomic E-state index is 0.105. The van der Waals surface area contributed by atoms with Gasteiger partial charge in [-0.2, -0.15) is 0 Å². The van der Waals surface area contributed by atoms with E-state index in [0.717, 1.165) is 42.8 Å². The van der Waals surface area contributed by atoms with Gasteiger partial charge < -0.3 is 11.1 Å². The van der Waals surface area contributed by atoms with Crippen LogP contribution in [0, 0.1) is 18.8 Å². The molecule has 3 rings (SSSR count). The van der Waals surface area contributed by atoms with E-state index in [-0.39, 0.29) is 17.4 Å². The second-order valence-electron chi connectivity index (χ2n) is 6.61. The summed E-state index contributed by atoms with van der Waals surface area (Å²) in [5.74, 6) is 0.674. The summed E-state index contributed by atoms with van der Waals surface area (Å²) >= 11 is 1.69. The van der Waals surface area contributed by atoms with Crippen molar-refractivity contribution in [1.29, 1.82) is 0 Å². The maximum atomic E-state index is 12.8. The summed E-state index contributed by atoms with van der Waals surface area (Å²) in [6.45, 7) is 2.65. The first-order valence-electron chi connectivity index (χ1n) is 8.09. The van der Waals surface area contributed by atoms with Crippen LogP contribution < -0.4 is 11.1 Å². The molecule has 1 aromatic rings. The highest BCUT2D eigenvalue weighted by atomic mass is 32.1. The molecule has 0 aliphatic heterocycles. The highest BCUT2D eigenvalue weighted by molar-refractivity contribution is 7.09. The number of carbonyl (C=O) groups is 1. The number of thiazole rings is 1. The van der Waals surface area contributed by atoms with Gasteiger partial charge in [0, 0.05) is 17.0 Å². The Morgan fingerprint density at radius 2 is 2.19 bits per heavy atom. The molecule has 2 atom stereocenters. The van der Waals surface area contributed by atoms with Crippen LogP contribution in [0.25, 0.3) is 0 Å². The fourth-order valence-corrected chi connectivity index (χ4v) is 4.95. The molecule has 0 spiro atoms. The van der Waals surface area contributed by atoms with Crippen molar-refractivity contribution in [3.63, 3.8) is 0 Å². The molecule has 0 unspecified atom stereocenters. The largest absolute Gasteiger partial charge is 0.344 e. The Kier molecular flexibility index (Phi) is 4.31. The fraction of sp³-hybridized carbons (Fsp3) is 0.750. The van der Waals surface area contributed by atoms with Gasteiger partial charge in [0.05, 0.1) is 5.54 Å². The summed E-state index contributed by atoms with van der Waals surface area (Å²) in [5, 5.41) is 6.56. The lowest BCUT2D eigenvalue weighted by Crippen LogP contribution is -2.47. The zero-order valence-corrected chi connectivity index (χ0v) is 13.5. The Bertz CT molecular complexity index is 507. The second-order valence-corrected chi connectivity index (χ2v) is 7.46. The van der Waals surface area contributed by atoms with E-state index in [1.54, 1.807) is 11.3 Å². The van der Waals surface area contributed by atoms with Gasteiger partial charge in [-0.05, 0) is 45.1 Å². The fourth-order valence-electron chi connectivity index (χ4n) is 3.94. The summed E-state index contributed by atoms with van der Waals surface area (Å²) in [4.78, 5) is 17.4. The molecule has 3 N–H and O–H groups in total. The molecule has 0 bridgehead atoms. The Morgan fingerprint density at radius 1 is 1.43 bits per heavy atom. The van der Waals surface area contributed by atoms with Crippen LogP contribution in [0.5, 0.6) is 0 Å². The second kappa shape index (κ2) is 6.05. The Labute approximate surface area is 130 Å². The van der Waals surface area contributed by atoms with Gasteiger partial charge in [-0.25, -0.2) is 4.98 Å². The smallest absolute Gasteiger partial charge is 0.224 e. The maximum absolute atomic E-state index is 12.8. The van der Waals surface area contributed by atoms with Crippen molar-refractivity contribution in [1.82, 2.24) is 10.3 Å². The first-order chi connectivity index (χ1) is 10.1. The molecule has 21 heavy (non-hydrogen) atoms. The van der Waals surface area contributed by atoms with Crippen molar-refractivity contribution in [2.75, 3.05) is 6.54 Å². The molecular weight excluding hydrogens is 282 g/mol. The third kappa shape index (κ3) is 2.86. The van der Waals surface area contributed by atoms with Crippen LogP contribution in [0.3, 0.4) is 0 Å². The van der Waals surface area contributed by atoms with Crippen LogP contribution in [-0.2, 0) is 10.3 Å². The number of rotatable bonds is 4. The average Bonchev–Trinajstić information content (AvgIpc) is 3.17. The first-order valence-corrected chi connectivity index (χ1v) is 8.97. The molecule has 1 aromatic heterocycles. The van der Waals surface area contributed by atoms with E-state index in [4.69, 9.17) is 5.73 Å². The number of carbonyl (C=O) groups excluding carboxylic acids is 1. The maximum Gasteiger partial charge on any atom is 0.224 e. The molecular formula is C16H25N3OS. The van der Waals surface area contributed by atoms with Gasteiger partial charge in [0.25, 0.3) is 0 Å². The molecule has 1 heterocycles. The lowest BCUT2D eigenvalue weighted by Gasteiger charge is -2.30. The zero-order valence-electron chi connectivity index (χ0n) is 12.7. The Hall–Kier alpha value is -0.940. The quantitative estimate of drug-likeness (QED) is 0.898. The molecule has 0 saturated heterocycles. The number of nitrogens with two attached hydrogens (primary N) is 1. The summed E-state index contributed by atoms with van der Waals surface area (Å²) in [7, 11) is 0. The molecule has 2 saturated carbocycles. The molecule has 2 fully saturated rings. The van der Waals surface area contributed by atoms with Gasteiger partial charge in [-0.15, -0.1) is 11.3 Å². The van der Waals surface area contributed by atoms with Crippen LogP contribution in [0.1, 0.15) is 55.6 Å². The van der Waals surface area contributed by atoms with Crippen molar-refractivity contribution in [3.8, 4) is 0 Å². The molecule has 2 aliphatic rings. The highest BCUT2D eigenvalue weighted by Gasteiger charge is 2.42. The Morgan fingerprint density at radius 3 is 2.81 bits per heavy atom. The van der Waals surface area contributed by atoms with Crippen LogP contribution in [-0.4, -0.2) is 17.4 Å². The van der Waals surface area contributed by atoms with Crippen LogP contribution in [0.4, 0.5) is 0 Å². The van der Waals surface area contributed by atoms with Crippen LogP contribution >= 0.6 is 11.3 Å². The van der Waals surface area contributed by atoms with Crippen molar-refractivity contribution in [2.45, 2.75) is 57.4 Å². The van der Waals surface area contributed by atoms with Crippen LogP contribution in [0.15, 0.2) is 5.38 Å². The zero-order chi connectivity index (χ0) is 14.9. The minimum Gasteiger partial charge on any atom is -0.344 e. The molecule has 116 valence electrons. The monoisotopic (exact) mass is 307 g/mol. The summed E-state index contributed by atoms with van der Waals surface area (Å²) in [5.41, 5.74) is 6.67. The van der Waals surface area contributed by atoms with E-state index in [1.807, 2.05) is 6.92 Å². The lowest BCUT2D eigenvalue weighted by molar-refractivity contribution is -0.128. The molecule has 4 nitrogen and oxygen atoms in total. The van der Waals surface area contributed by atoms with Gasteiger partial charge in [0.2, 0.25) is 5.91 Å². The molecule has 0 radical (unpaired) electrons. The summed E-state index contributed by atoms with van der Waals surface area (Å²) in [6.07, 6.45) is 7.59. The van der Waals surface area contributed by atoms with Crippen molar-refractivity contribution in [3.05, 3.63) is 16.1 Å². The average molecular weight is 307 g/mol. The SMILES string of the molecule is Cc1csc(C2(NC(=O)[C@@H]3CCC[C@@H]3CN)CCCC2)n1. The molecule has 0 aromatic carbocycles. The van der Waals surface area contributed by atoms with Gasteiger partial charge >= 0.3 is 0 Å². The van der Waals surface area contributed by atoms with E-state index >= 15 is 0 Å². The van der Waals surface area contributed by atoms with E-state index in [9.17, 15) is 4.79 Å². The van der Waals surface area contributed by atoms with Crippen molar-refractivity contribution < 1.29 is 4.79 Å². The number of amides is 1. The number of nitrogens with one attached hydrogen (secondary N) is 1. The third-order valence-corrected chi connectivity index (χ3v) is 6.31. The molecule has 5 heteroatoms. The van der Waals surface area contributed by atoms with Gasteiger partial charge in [0.15, 0.2) is 0 Å². The summed E-state index contributed by atoms with van der Waals surface area (Å²) in [6, 6.07) is 0. The van der Waals surface area contributed by atoms with Gasteiger partial charge in [0.1, 0.15) is 5.01 Å². The predicted octanol–water partition coefficient (Wildman–Crippen LogP) is 2.71. The van der Waals surface area contributed by atoms with E-state index in [0.29, 0.717) is 12.5 Å². The van der Waals surface area contributed by atoms with Crippen molar-refractivity contribution >= 4 is 17.2 Å². The van der Waals surface area contributed by atoms with Crippen LogP contribution in [0.2, 0.25) is 0 Å². The van der Waals surface area contributed by atoms with E-state index in [2.05, 4.69) is 15.7 Å². The molecule has 1 amide bonds. The topological polar surface area (TPSA) is 68.0 Å². The van der Waals surface area contributed by atoms with Gasteiger partial charge in [-0.1, -0.05) is 19.3 Å². The van der Waals surface area contributed by atoms with Crippen molar-refractivity contribution in [2.24, 2.45) is 17.6 Å². The normalized spacial score (nSPS) is 27.9. The first kappa shape index (κ1) is 15.0. The highest BCUT2D eigenvalue weighted by Crippen LogP contribution is 2.41. The minimum atomic E-state index is -0.211. The molecule has 2 aliphatic carbocycles. The predicted molar refractivity (Wildman–Crippen MR) is 85.0 cm³/mol. The standard InChI is InChI=1S/C16H25N3OS/c1-11-10-21-15(18-11)16(7-2-3-8-16)19-14(20)13-6-4-5-12(13)9-17/h10,12-13H,2-9,17H2,1H3,(H,19,20)/t12-,13-/m1/s1. The van der Waals surface area contributed by atoms with E-state index in [1.165, 1.54) is 12.8 Å². The number of hydrogen-bond acceptors (Lipinski definition) is 4. The number of aryl methyl sites for hydroxylation is 1. The number of aromatic nitrogens is 1. The lowest BCUT2D eigenvalue weighted by atomic mass is 9.92. The van der Waals surface area contributed by atoms with Gasteiger partial charge in [-0.3, -0.25) is 4.79 Å². The Balaban J connectivity index is 1.78. The third-order valence-electron chi connectivity index (χ3n) is 5.15. The van der Waals surface area contributed by atoms with E-state index < -0.39 is 0 Å². The number of hydrogen-bond donors (Lipinski definition) is 2. The number of nitrogens with zero attached hydrogens (tertiary/aromatic N) is 1. The summed E-state index contributed by atoms with van der Waals surface area (Å²) < 4.78 is 0.